The van der Waals surface area contributed by atoms with Crippen LogP contribution in [-0.4, -0.2) is 43.4 Å². The first-order chi connectivity index (χ1) is 11.3. The highest BCUT2D eigenvalue weighted by molar-refractivity contribution is 5.97. The zero-order chi connectivity index (χ0) is 18.2. The summed E-state index contributed by atoms with van der Waals surface area (Å²) in [6.07, 6.45) is 2.24. The Morgan fingerprint density at radius 2 is 2.08 bits per heavy atom. The van der Waals surface area contributed by atoms with E-state index in [9.17, 15) is 4.79 Å². The summed E-state index contributed by atoms with van der Waals surface area (Å²) in [5, 5.41) is 2.90. The molecule has 136 valence electrons. The summed E-state index contributed by atoms with van der Waals surface area (Å²) in [6, 6.07) is 1.84. The van der Waals surface area contributed by atoms with Crippen LogP contribution in [0.25, 0.3) is 0 Å². The standard InChI is InChI=1S/C18H30N2O4/c1-7-24-18(5,11-13(2)3)17(21)20-15-10-14(4)16(19-12-15)23-9-8-22-6/h10,12-13H,7-9,11H2,1-6H3,(H,20,21)/t18-/m0/s1. The highest BCUT2D eigenvalue weighted by Gasteiger charge is 2.34. The van der Waals surface area contributed by atoms with Gasteiger partial charge in [-0.3, -0.25) is 4.79 Å². The van der Waals surface area contributed by atoms with Crippen molar-refractivity contribution in [1.29, 1.82) is 0 Å². The molecule has 1 N–H and O–H groups in total. The zero-order valence-corrected chi connectivity index (χ0v) is 15.6. The number of hydrogen-bond acceptors (Lipinski definition) is 5. The van der Waals surface area contributed by atoms with Crippen LogP contribution in [0.3, 0.4) is 0 Å². The minimum Gasteiger partial charge on any atom is -0.475 e. The van der Waals surface area contributed by atoms with Crippen molar-refractivity contribution >= 4 is 11.6 Å². The summed E-state index contributed by atoms with van der Waals surface area (Å²) in [4.78, 5) is 16.9. The predicted molar refractivity (Wildman–Crippen MR) is 94.5 cm³/mol. The highest BCUT2D eigenvalue weighted by atomic mass is 16.5. The lowest BCUT2D eigenvalue weighted by Crippen LogP contribution is -2.44. The molecule has 0 aliphatic heterocycles. The van der Waals surface area contributed by atoms with Gasteiger partial charge in [-0.15, -0.1) is 0 Å². The van der Waals surface area contributed by atoms with E-state index in [-0.39, 0.29) is 5.91 Å². The fourth-order valence-electron chi connectivity index (χ4n) is 2.58. The van der Waals surface area contributed by atoms with Crippen molar-refractivity contribution in [2.75, 3.05) is 32.2 Å². The van der Waals surface area contributed by atoms with Crippen molar-refractivity contribution < 1.29 is 19.0 Å². The van der Waals surface area contributed by atoms with Crippen LogP contribution in [0, 0.1) is 12.8 Å². The molecule has 1 amide bonds. The Bertz CT molecular complexity index is 534. The third kappa shape index (κ3) is 6.09. The number of aryl methyl sites for hydroxylation is 1. The number of nitrogens with zero attached hydrogens (tertiary/aromatic N) is 1. The Morgan fingerprint density at radius 3 is 2.62 bits per heavy atom. The SMILES string of the molecule is CCO[C@@](C)(CC(C)C)C(=O)Nc1cnc(OCCOC)c(C)c1. The number of pyridine rings is 1. The van der Waals surface area contributed by atoms with Gasteiger partial charge in [0.1, 0.15) is 12.2 Å². The van der Waals surface area contributed by atoms with Gasteiger partial charge < -0.3 is 19.5 Å². The molecular weight excluding hydrogens is 308 g/mol. The van der Waals surface area contributed by atoms with E-state index in [1.807, 2.05) is 26.8 Å². The number of amides is 1. The summed E-state index contributed by atoms with van der Waals surface area (Å²) in [7, 11) is 1.62. The molecule has 0 radical (unpaired) electrons. The molecule has 0 saturated heterocycles. The zero-order valence-electron chi connectivity index (χ0n) is 15.6. The summed E-state index contributed by atoms with van der Waals surface area (Å²) in [5.74, 6) is 0.732. The molecule has 0 saturated carbocycles. The van der Waals surface area contributed by atoms with Gasteiger partial charge in [0.05, 0.1) is 18.5 Å². The molecule has 0 aliphatic carbocycles. The molecule has 0 aliphatic rings. The molecule has 1 aromatic heterocycles. The van der Waals surface area contributed by atoms with Crippen molar-refractivity contribution in [3.63, 3.8) is 0 Å². The molecule has 1 heterocycles. The van der Waals surface area contributed by atoms with Crippen molar-refractivity contribution in [2.24, 2.45) is 5.92 Å². The Morgan fingerprint density at radius 1 is 1.38 bits per heavy atom. The first kappa shape index (κ1) is 20.4. The highest BCUT2D eigenvalue weighted by Crippen LogP contribution is 2.24. The Kier molecular flexibility index (Phi) is 8.15. The Hall–Kier alpha value is -1.66. The van der Waals surface area contributed by atoms with Gasteiger partial charge in [0.25, 0.3) is 5.91 Å². The van der Waals surface area contributed by atoms with Crippen LogP contribution in [0.4, 0.5) is 5.69 Å². The molecule has 0 unspecified atom stereocenters. The molecule has 24 heavy (non-hydrogen) atoms. The maximum absolute atomic E-state index is 12.7. The molecule has 0 aromatic carbocycles. The lowest BCUT2D eigenvalue weighted by Gasteiger charge is -2.29. The third-order valence-electron chi connectivity index (χ3n) is 3.56. The van der Waals surface area contributed by atoms with Gasteiger partial charge in [0, 0.05) is 19.3 Å². The molecule has 0 fully saturated rings. The molecule has 1 rings (SSSR count). The first-order valence-corrected chi connectivity index (χ1v) is 8.36. The van der Waals surface area contributed by atoms with E-state index in [1.54, 1.807) is 13.3 Å². The predicted octanol–water partition coefficient (Wildman–Crippen LogP) is 3.20. The van der Waals surface area contributed by atoms with Crippen LogP contribution in [0.1, 0.15) is 39.7 Å². The topological polar surface area (TPSA) is 69.7 Å². The average Bonchev–Trinajstić information content (AvgIpc) is 2.49. The maximum Gasteiger partial charge on any atom is 0.256 e. The van der Waals surface area contributed by atoms with E-state index in [2.05, 4.69) is 24.1 Å². The molecule has 0 spiro atoms. The van der Waals surface area contributed by atoms with Gasteiger partial charge in [0.15, 0.2) is 0 Å². The molecule has 0 bridgehead atoms. The molecule has 1 aromatic rings. The first-order valence-electron chi connectivity index (χ1n) is 8.36. The van der Waals surface area contributed by atoms with Crippen LogP contribution in [0.15, 0.2) is 12.3 Å². The van der Waals surface area contributed by atoms with Crippen LogP contribution < -0.4 is 10.1 Å². The molecule has 1 atom stereocenters. The van der Waals surface area contributed by atoms with E-state index in [1.165, 1.54) is 0 Å². The van der Waals surface area contributed by atoms with E-state index in [0.29, 0.717) is 43.7 Å². The number of rotatable bonds is 10. The number of ether oxygens (including phenoxy) is 3. The van der Waals surface area contributed by atoms with Crippen molar-refractivity contribution in [3.05, 3.63) is 17.8 Å². The summed E-state index contributed by atoms with van der Waals surface area (Å²) in [5.41, 5.74) is 0.627. The largest absolute Gasteiger partial charge is 0.475 e. The second kappa shape index (κ2) is 9.59. The molecular formula is C18H30N2O4. The number of hydrogen-bond donors (Lipinski definition) is 1. The van der Waals surface area contributed by atoms with Crippen molar-refractivity contribution in [1.82, 2.24) is 4.98 Å². The summed E-state index contributed by atoms with van der Waals surface area (Å²) >= 11 is 0. The number of anilines is 1. The lowest BCUT2D eigenvalue weighted by molar-refractivity contribution is -0.140. The fourth-order valence-corrected chi connectivity index (χ4v) is 2.58. The fraction of sp³-hybridized carbons (Fsp3) is 0.667. The normalized spacial score (nSPS) is 13.6. The average molecular weight is 338 g/mol. The van der Waals surface area contributed by atoms with Crippen molar-refractivity contribution in [2.45, 2.75) is 46.6 Å². The van der Waals surface area contributed by atoms with Gasteiger partial charge in [0.2, 0.25) is 5.88 Å². The molecule has 6 heteroatoms. The van der Waals surface area contributed by atoms with Crippen LogP contribution in [0.5, 0.6) is 5.88 Å². The van der Waals surface area contributed by atoms with Gasteiger partial charge >= 0.3 is 0 Å². The van der Waals surface area contributed by atoms with Gasteiger partial charge in [-0.05, 0) is 39.2 Å². The van der Waals surface area contributed by atoms with Crippen molar-refractivity contribution in [3.8, 4) is 5.88 Å². The van der Waals surface area contributed by atoms with E-state index in [4.69, 9.17) is 14.2 Å². The quantitative estimate of drug-likeness (QED) is 0.664. The number of nitrogens with one attached hydrogen (secondary N) is 1. The minimum absolute atomic E-state index is 0.160. The number of methoxy groups -OCH3 is 1. The second-order valence-electron chi connectivity index (χ2n) is 6.40. The summed E-state index contributed by atoms with van der Waals surface area (Å²) < 4.78 is 16.2. The monoisotopic (exact) mass is 338 g/mol. The van der Waals surface area contributed by atoms with E-state index < -0.39 is 5.60 Å². The Labute approximate surface area is 144 Å². The van der Waals surface area contributed by atoms with Gasteiger partial charge in [-0.2, -0.15) is 0 Å². The van der Waals surface area contributed by atoms with Crippen LogP contribution in [-0.2, 0) is 14.3 Å². The molecule has 6 nitrogen and oxygen atoms in total. The maximum atomic E-state index is 12.7. The number of aromatic nitrogens is 1. The van der Waals surface area contributed by atoms with Gasteiger partial charge in [-0.25, -0.2) is 4.98 Å². The Balaban J connectivity index is 2.79. The van der Waals surface area contributed by atoms with E-state index in [0.717, 1.165) is 5.56 Å². The van der Waals surface area contributed by atoms with Crippen LogP contribution >= 0.6 is 0 Å². The minimum atomic E-state index is -0.857. The second-order valence-corrected chi connectivity index (χ2v) is 6.40. The van der Waals surface area contributed by atoms with E-state index >= 15 is 0 Å². The number of carbonyl (C=O) groups is 1. The lowest BCUT2D eigenvalue weighted by atomic mass is 9.93. The van der Waals surface area contributed by atoms with Crippen LogP contribution in [0.2, 0.25) is 0 Å². The smallest absolute Gasteiger partial charge is 0.256 e. The van der Waals surface area contributed by atoms with Gasteiger partial charge in [-0.1, -0.05) is 13.8 Å². The summed E-state index contributed by atoms with van der Waals surface area (Å²) in [6.45, 7) is 11.2. The number of carbonyl (C=O) groups excluding carboxylic acids is 1. The third-order valence-corrected chi connectivity index (χ3v) is 3.56.